The maximum atomic E-state index is 11.6. The van der Waals surface area contributed by atoms with Gasteiger partial charge in [0.1, 0.15) is 0 Å². The van der Waals surface area contributed by atoms with E-state index in [-0.39, 0.29) is 11.8 Å². The Labute approximate surface area is 93.7 Å². The Morgan fingerprint density at radius 3 is 2.86 bits per heavy atom. The van der Waals surface area contributed by atoms with Crippen molar-refractivity contribution in [2.24, 2.45) is 11.8 Å². The number of hydrogen-bond acceptors (Lipinski definition) is 2. The molecule has 0 saturated carbocycles. The number of halogens is 1. The molecule has 4 heteroatoms. The van der Waals surface area contributed by atoms with Crippen LogP contribution in [0.1, 0.15) is 20.3 Å². The van der Waals surface area contributed by atoms with Gasteiger partial charge in [0.2, 0.25) is 5.91 Å². The van der Waals surface area contributed by atoms with Crippen LogP contribution in [-0.2, 0) is 9.53 Å². The van der Waals surface area contributed by atoms with Crippen LogP contribution in [0.2, 0.25) is 0 Å². The molecule has 1 N–H and O–H groups in total. The molecule has 0 aliphatic carbocycles. The van der Waals surface area contributed by atoms with E-state index < -0.39 is 0 Å². The summed E-state index contributed by atoms with van der Waals surface area (Å²) in [5.41, 5.74) is 0. The van der Waals surface area contributed by atoms with Crippen LogP contribution >= 0.6 is 15.9 Å². The average molecular weight is 264 g/mol. The van der Waals surface area contributed by atoms with Crippen molar-refractivity contribution in [3.05, 3.63) is 0 Å². The van der Waals surface area contributed by atoms with Crippen LogP contribution in [0, 0.1) is 11.8 Å². The molecule has 1 aliphatic heterocycles. The maximum Gasteiger partial charge on any atom is 0.225 e. The lowest BCUT2D eigenvalue weighted by atomic mass is 10.1. The summed E-state index contributed by atoms with van der Waals surface area (Å²) in [6.45, 7) is 6.27. The highest BCUT2D eigenvalue weighted by atomic mass is 79.9. The van der Waals surface area contributed by atoms with Crippen LogP contribution in [0.4, 0.5) is 0 Å². The Morgan fingerprint density at radius 1 is 1.64 bits per heavy atom. The minimum atomic E-state index is 0.0712. The molecule has 0 aromatic heterocycles. The molecule has 0 aromatic carbocycles. The second-order valence-corrected chi connectivity index (χ2v) is 5.24. The molecular weight excluding hydrogens is 246 g/mol. The number of nitrogens with one attached hydrogen (secondary N) is 1. The number of ether oxygens (including phenoxy) is 1. The summed E-state index contributed by atoms with van der Waals surface area (Å²) in [5, 5.41) is 2.94. The summed E-state index contributed by atoms with van der Waals surface area (Å²) in [6, 6.07) is 0. The zero-order valence-electron chi connectivity index (χ0n) is 8.75. The van der Waals surface area contributed by atoms with E-state index in [0.717, 1.165) is 13.0 Å². The molecule has 0 radical (unpaired) electrons. The van der Waals surface area contributed by atoms with E-state index in [1.807, 2.05) is 0 Å². The first-order valence-corrected chi connectivity index (χ1v) is 6.02. The molecule has 0 spiro atoms. The van der Waals surface area contributed by atoms with Crippen LogP contribution in [0.15, 0.2) is 0 Å². The normalized spacial score (nSPS) is 23.9. The van der Waals surface area contributed by atoms with Gasteiger partial charge in [-0.1, -0.05) is 29.8 Å². The lowest BCUT2D eigenvalue weighted by molar-refractivity contribution is -0.124. The van der Waals surface area contributed by atoms with Crippen molar-refractivity contribution >= 4 is 21.8 Å². The molecule has 82 valence electrons. The van der Waals surface area contributed by atoms with Crippen molar-refractivity contribution in [2.75, 3.05) is 19.8 Å². The fourth-order valence-electron chi connectivity index (χ4n) is 1.32. The molecule has 0 bridgehead atoms. The number of amides is 1. The second kappa shape index (κ2) is 5.71. The van der Waals surface area contributed by atoms with Gasteiger partial charge in [0.15, 0.2) is 0 Å². The van der Waals surface area contributed by atoms with E-state index in [9.17, 15) is 4.79 Å². The summed E-state index contributed by atoms with van der Waals surface area (Å²) < 4.78 is 5.16. The smallest absolute Gasteiger partial charge is 0.225 e. The Balaban J connectivity index is 2.20. The van der Waals surface area contributed by atoms with Crippen LogP contribution in [-0.4, -0.2) is 30.5 Å². The monoisotopic (exact) mass is 263 g/mol. The summed E-state index contributed by atoms with van der Waals surface area (Å²) >= 11 is 3.53. The minimum Gasteiger partial charge on any atom is -0.381 e. The van der Waals surface area contributed by atoms with Gasteiger partial charge in [-0.25, -0.2) is 0 Å². The van der Waals surface area contributed by atoms with E-state index >= 15 is 0 Å². The Morgan fingerprint density at radius 2 is 2.36 bits per heavy atom. The molecule has 1 saturated heterocycles. The number of hydrogen-bond donors (Lipinski definition) is 1. The highest BCUT2D eigenvalue weighted by molar-refractivity contribution is 9.09. The summed E-state index contributed by atoms with van der Waals surface area (Å²) in [5.74, 6) is 0.740. The maximum absolute atomic E-state index is 11.6. The molecule has 1 amide bonds. The first kappa shape index (κ1) is 12.0. The Hall–Kier alpha value is -0.0900. The molecular formula is C10H18BrNO2. The van der Waals surface area contributed by atoms with Crippen molar-refractivity contribution in [2.45, 2.75) is 25.1 Å². The first-order chi connectivity index (χ1) is 6.61. The summed E-state index contributed by atoms with van der Waals surface area (Å²) in [6.07, 6.45) is 0.862. The first-order valence-electron chi connectivity index (χ1n) is 5.10. The highest BCUT2D eigenvalue weighted by Crippen LogP contribution is 2.14. The van der Waals surface area contributed by atoms with E-state index in [4.69, 9.17) is 4.74 Å². The van der Waals surface area contributed by atoms with Crippen molar-refractivity contribution < 1.29 is 9.53 Å². The van der Waals surface area contributed by atoms with Gasteiger partial charge in [0.05, 0.1) is 12.5 Å². The van der Waals surface area contributed by atoms with Gasteiger partial charge in [-0.15, -0.1) is 0 Å². The van der Waals surface area contributed by atoms with Gasteiger partial charge in [-0.3, -0.25) is 4.79 Å². The fourth-order valence-corrected chi connectivity index (χ4v) is 1.48. The molecule has 1 heterocycles. The van der Waals surface area contributed by atoms with Crippen LogP contribution in [0.25, 0.3) is 0 Å². The molecule has 1 fully saturated rings. The SMILES string of the molecule is CC(C)C(Br)CNC(=O)C1CCOC1. The highest BCUT2D eigenvalue weighted by Gasteiger charge is 2.23. The molecule has 3 nitrogen and oxygen atoms in total. The van der Waals surface area contributed by atoms with Crippen molar-refractivity contribution in [1.29, 1.82) is 0 Å². The largest absolute Gasteiger partial charge is 0.381 e. The molecule has 14 heavy (non-hydrogen) atoms. The predicted molar refractivity (Wildman–Crippen MR) is 59.5 cm³/mol. The van der Waals surface area contributed by atoms with Crippen molar-refractivity contribution in [1.82, 2.24) is 5.32 Å². The molecule has 2 atom stereocenters. The van der Waals surface area contributed by atoms with Gasteiger partial charge >= 0.3 is 0 Å². The van der Waals surface area contributed by atoms with Gasteiger partial charge in [0.25, 0.3) is 0 Å². The quantitative estimate of drug-likeness (QED) is 0.782. The van der Waals surface area contributed by atoms with Crippen molar-refractivity contribution in [3.8, 4) is 0 Å². The van der Waals surface area contributed by atoms with Crippen LogP contribution < -0.4 is 5.32 Å². The Kier molecular flexibility index (Phi) is 4.89. The number of alkyl halides is 1. The number of carbonyl (C=O) groups is 1. The minimum absolute atomic E-state index is 0.0712. The third kappa shape index (κ3) is 3.58. The van der Waals surface area contributed by atoms with E-state index in [2.05, 4.69) is 35.1 Å². The lowest BCUT2D eigenvalue weighted by Crippen LogP contribution is -2.36. The Bertz CT molecular complexity index is 191. The topological polar surface area (TPSA) is 38.3 Å². The zero-order valence-corrected chi connectivity index (χ0v) is 10.3. The second-order valence-electron chi connectivity index (χ2n) is 4.07. The predicted octanol–water partition coefficient (Wildman–Crippen LogP) is 1.56. The van der Waals surface area contributed by atoms with Gasteiger partial charge < -0.3 is 10.1 Å². The van der Waals surface area contributed by atoms with Crippen LogP contribution in [0.5, 0.6) is 0 Å². The molecule has 2 unspecified atom stereocenters. The van der Waals surface area contributed by atoms with Crippen LogP contribution in [0.3, 0.4) is 0 Å². The fraction of sp³-hybridized carbons (Fsp3) is 0.900. The number of rotatable bonds is 4. The molecule has 0 aromatic rings. The number of carbonyl (C=O) groups excluding carboxylic acids is 1. The van der Waals surface area contributed by atoms with E-state index in [0.29, 0.717) is 23.9 Å². The van der Waals surface area contributed by atoms with Crippen molar-refractivity contribution in [3.63, 3.8) is 0 Å². The van der Waals surface area contributed by atoms with Gasteiger partial charge in [0, 0.05) is 18.0 Å². The third-order valence-electron chi connectivity index (χ3n) is 2.50. The molecule has 1 aliphatic rings. The van der Waals surface area contributed by atoms with E-state index in [1.165, 1.54) is 0 Å². The van der Waals surface area contributed by atoms with Gasteiger partial charge in [-0.2, -0.15) is 0 Å². The van der Waals surface area contributed by atoms with Gasteiger partial charge in [-0.05, 0) is 12.3 Å². The summed E-state index contributed by atoms with van der Waals surface area (Å²) in [7, 11) is 0. The molecule has 1 rings (SSSR count). The van der Waals surface area contributed by atoms with E-state index in [1.54, 1.807) is 0 Å². The summed E-state index contributed by atoms with van der Waals surface area (Å²) in [4.78, 5) is 11.9. The average Bonchev–Trinajstić information content (AvgIpc) is 2.66. The lowest BCUT2D eigenvalue weighted by Gasteiger charge is -2.15. The third-order valence-corrected chi connectivity index (χ3v) is 3.88. The zero-order chi connectivity index (χ0) is 10.6. The standard InChI is InChI=1S/C10H18BrNO2/c1-7(2)9(11)5-12-10(13)8-3-4-14-6-8/h7-9H,3-6H2,1-2H3,(H,12,13).